The molecule has 0 aromatic heterocycles. The Morgan fingerprint density at radius 3 is 2.47 bits per heavy atom. The number of hydrogen-bond acceptors (Lipinski definition) is 3. The van der Waals surface area contributed by atoms with E-state index < -0.39 is 0 Å². The topological polar surface area (TPSA) is 49.5 Å². The van der Waals surface area contributed by atoms with Gasteiger partial charge in [-0.2, -0.15) is 0 Å². The van der Waals surface area contributed by atoms with Crippen molar-refractivity contribution in [2.75, 3.05) is 23.8 Å². The highest BCUT2D eigenvalue weighted by molar-refractivity contribution is 5.58. The van der Waals surface area contributed by atoms with E-state index in [1.807, 2.05) is 37.3 Å². The molecule has 2 rings (SSSR count). The fraction of sp³-hybridized carbons (Fsp3) is 0.250. The van der Waals surface area contributed by atoms with Gasteiger partial charge in [-0.3, -0.25) is 0 Å². The summed E-state index contributed by atoms with van der Waals surface area (Å²) in [5, 5.41) is 9.23. The van der Waals surface area contributed by atoms with E-state index in [0.717, 1.165) is 23.5 Å². The monoisotopic (exact) mass is 256 g/mol. The average molecular weight is 256 g/mol. The second-order valence-electron chi connectivity index (χ2n) is 4.67. The summed E-state index contributed by atoms with van der Waals surface area (Å²) in [5.74, 6) is 0. The fourth-order valence-corrected chi connectivity index (χ4v) is 2.08. The van der Waals surface area contributed by atoms with Crippen molar-refractivity contribution in [3.8, 4) is 0 Å². The molecule has 0 radical (unpaired) electrons. The number of aliphatic hydroxyl groups is 1. The number of aliphatic hydroxyl groups excluding tert-OH is 1. The van der Waals surface area contributed by atoms with Crippen LogP contribution in [0.1, 0.15) is 11.1 Å². The molecule has 0 saturated carbocycles. The summed E-state index contributed by atoms with van der Waals surface area (Å²) >= 11 is 0. The lowest BCUT2D eigenvalue weighted by atomic mass is 10.1. The van der Waals surface area contributed by atoms with Gasteiger partial charge in [0.15, 0.2) is 0 Å². The SMILES string of the molecule is Cc1cc(N(CCO)Cc2ccccc2)ccc1N. The van der Waals surface area contributed by atoms with Gasteiger partial charge in [-0.1, -0.05) is 30.3 Å². The van der Waals surface area contributed by atoms with Gasteiger partial charge in [0.2, 0.25) is 0 Å². The van der Waals surface area contributed by atoms with Crippen molar-refractivity contribution in [3.63, 3.8) is 0 Å². The summed E-state index contributed by atoms with van der Waals surface area (Å²) in [6.07, 6.45) is 0. The first-order valence-electron chi connectivity index (χ1n) is 6.46. The maximum Gasteiger partial charge on any atom is 0.0606 e. The largest absolute Gasteiger partial charge is 0.399 e. The standard InChI is InChI=1S/C16H20N2O/c1-13-11-15(7-8-16(13)17)18(9-10-19)12-14-5-3-2-4-6-14/h2-8,11,19H,9-10,12,17H2,1H3. The Hall–Kier alpha value is -2.00. The van der Waals surface area contributed by atoms with Crippen molar-refractivity contribution in [3.05, 3.63) is 59.7 Å². The number of nitrogen functional groups attached to an aromatic ring is 1. The molecule has 3 nitrogen and oxygen atoms in total. The molecule has 0 saturated heterocycles. The summed E-state index contributed by atoms with van der Waals surface area (Å²) in [4.78, 5) is 2.15. The summed E-state index contributed by atoms with van der Waals surface area (Å²) in [6, 6.07) is 16.2. The molecule has 2 aromatic carbocycles. The molecular weight excluding hydrogens is 236 g/mol. The second-order valence-corrected chi connectivity index (χ2v) is 4.67. The van der Waals surface area contributed by atoms with Gasteiger partial charge < -0.3 is 15.7 Å². The summed E-state index contributed by atoms with van der Waals surface area (Å²) in [5.41, 5.74) is 10.0. The van der Waals surface area contributed by atoms with Crippen molar-refractivity contribution in [2.45, 2.75) is 13.5 Å². The van der Waals surface area contributed by atoms with Crippen LogP contribution in [0.5, 0.6) is 0 Å². The van der Waals surface area contributed by atoms with Crippen LogP contribution in [0.4, 0.5) is 11.4 Å². The number of nitrogens with zero attached hydrogens (tertiary/aromatic N) is 1. The number of benzene rings is 2. The van der Waals surface area contributed by atoms with Gasteiger partial charge >= 0.3 is 0 Å². The Morgan fingerprint density at radius 1 is 1.11 bits per heavy atom. The van der Waals surface area contributed by atoms with Crippen LogP contribution in [0.2, 0.25) is 0 Å². The predicted molar refractivity (Wildman–Crippen MR) is 80.2 cm³/mol. The Bertz CT molecular complexity index is 526. The van der Waals surface area contributed by atoms with Crippen LogP contribution in [0.15, 0.2) is 48.5 Å². The van der Waals surface area contributed by atoms with E-state index in [1.54, 1.807) is 0 Å². The van der Waals surface area contributed by atoms with Crippen molar-refractivity contribution >= 4 is 11.4 Å². The van der Waals surface area contributed by atoms with E-state index in [2.05, 4.69) is 23.1 Å². The minimum absolute atomic E-state index is 0.135. The first-order valence-corrected chi connectivity index (χ1v) is 6.46. The maximum absolute atomic E-state index is 9.23. The van der Waals surface area contributed by atoms with Gasteiger partial charge in [-0.15, -0.1) is 0 Å². The highest BCUT2D eigenvalue weighted by Gasteiger charge is 2.08. The van der Waals surface area contributed by atoms with Crippen LogP contribution >= 0.6 is 0 Å². The van der Waals surface area contributed by atoms with Crippen LogP contribution in [0.3, 0.4) is 0 Å². The second kappa shape index (κ2) is 6.25. The zero-order valence-electron chi connectivity index (χ0n) is 11.2. The van der Waals surface area contributed by atoms with Crippen LogP contribution in [0, 0.1) is 6.92 Å². The summed E-state index contributed by atoms with van der Waals surface area (Å²) in [6.45, 7) is 3.53. The molecule has 0 bridgehead atoms. The van der Waals surface area contributed by atoms with Gasteiger partial charge in [0.25, 0.3) is 0 Å². The zero-order valence-corrected chi connectivity index (χ0v) is 11.2. The van der Waals surface area contributed by atoms with E-state index in [-0.39, 0.29) is 6.61 Å². The normalized spacial score (nSPS) is 10.4. The average Bonchev–Trinajstić information content (AvgIpc) is 2.43. The van der Waals surface area contributed by atoms with E-state index >= 15 is 0 Å². The molecule has 3 N–H and O–H groups in total. The highest BCUT2D eigenvalue weighted by Crippen LogP contribution is 2.22. The van der Waals surface area contributed by atoms with Crippen molar-refractivity contribution in [2.24, 2.45) is 0 Å². The van der Waals surface area contributed by atoms with Crippen LogP contribution in [-0.2, 0) is 6.54 Å². The molecule has 0 spiro atoms. The van der Waals surface area contributed by atoms with Gasteiger partial charge in [0, 0.05) is 24.5 Å². The lowest BCUT2D eigenvalue weighted by Crippen LogP contribution is -2.26. The van der Waals surface area contributed by atoms with Crippen molar-refractivity contribution in [1.29, 1.82) is 0 Å². The summed E-state index contributed by atoms with van der Waals surface area (Å²) in [7, 11) is 0. The molecular formula is C16H20N2O. The molecule has 0 heterocycles. The molecule has 0 atom stereocenters. The molecule has 0 aliphatic rings. The quantitative estimate of drug-likeness (QED) is 0.808. The minimum atomic E-state index is 0.135. The van der Waals surface area contributed by atoms with Crippen LogP contribution < -0.4 is 10.6 Å². The molecule has 19 heavy (non-hydrogen) atoms. The fourth-order valence-electron chi connectivity index (χ4n) is 2.08. The Labute approximate surface area is 114 Å². The van der Waals surface area contributed by atoms with E-state index in [4.69, 9.17) is 5.73 Å². The van der Waals surface area contributed by atoms with Gasteiger partial charge in [-0.25, -0.2) is 0 Å². The van der Waals surface area contributed by atoms with Gasteiger partial charge in [-0.05, 0) is 36.2 Å². The molecule has 0 aliphatic carbocycles. The van der Waals surface area contributed by atoms with E-state index in [9.17, 15) is 5.11 Å². The van der Waals surface area contributed by atoms with Crippen LogP contribution in [0.25, 0.3) is 0 Å². The van der Waals surface area contributed by atoms with Crippen LogP contribution in [-0.4, -0.2) is 18.3 Å². The minimum Gasteiger partial charge on any atom is -0.399 e. The summed E-state index contributed by atoms with van der Waals surface area (Å²) < 4.78 is 0. The lowest BCUT2D eigenvalue weighted by molar-refractivity contribution is 0.301. The predicted octanol–water partition coefficient (Wildman–Crippen LogP) is 2.58. The van der Waals surface area contributed by atoms with Crippen molar-refractivity contribution in [1.82, 2.24) is 0 Å². The molecule has 2 aromatic rings. The molecule has 0 amide bonds. The lowest BCUT2D eigenvalue weighted by Gasteiger charge is -2.24. The molecule has 100 valence electrons. The Balaban J connectivity index is 2.21. The number of hydrogen-bond donors (Lipinski definition) is 2. The first-order chi connectivity index (χ1) is 9.20. The number of nitrogens with two attached hydrogens (primary N) is 1. The Morgan fingerprint density at radius 2 is 1.84 bits per heavy atom. The molecule has 0 fully saturated rings. The number of aryl methyl sites for hydroxylation is 1. The van der Waals surface area contributed by atoms with Gasteiger partial charge in [0.05, 0.1) is 6.61 Å². The number of rotatable bonds is 5. The third kappa shape index (κ3) is 3.48. The highest BCUT2D eigenvalue weighted by atomic mass is 16.3. The van der Waals surface area contributed by atoms with E-state index in [0.29, 0.717) is 6.54 Å². The third-order valence-electron chi connectivity index (χ3n) is 3.20. The van der Waals surface area contributed by atoms with Gasteiger partial charge in [0.1, 0.15) is 0 Å². The Kier molecular flexibility index (Phi) is 4.42. The van der Waals surface area contributed by atoms with Crippen molar-refractivity contribution < 1.29 is 5.11 Å². The third-order valence-corrected chi connectivity index (χ3v) is 3.20. The molecule has 0 aliphatic heterocycles. The molecule has 3 heteroatoms. The smallest absolute Gasteiger partial charge is 0.0606 e. The van der Waals surface area contributed by atoms with E-state index in [1.165, 1.54) is 5.56 Å². The maximum atomic E-state index is 9.23. The molecule has 0 unspecified atom stereocenters. The first kappa shape index (κ1) is 13.4. The number of anilines is 2. The zero-order chi connectivity index (χ0) is 13.7.